The topological polar surface area (TPSA) is 71.0 Å². The van der Waals surface area contributed by atoms with Crippen LogP contribution in [0.25, 0.3) is 11.3 Å². The highest BCUT2D eigenvalue weighted by atomic mass is 19.4. The van der Waals surface area contributed by atoms with Gasteiger partial charge < -0.3 is 9.47 Å². The third-order valence-corrected chi connectivity index (χ3v) is 6.30. The fourth-order valence-electron chi connectivity index (χ4n) is 4.31. The first kappa shape index (κ1) is 25.0. The molecule has 3 aromatic rings. The smallest absolute Gasteiger partial charge is 0.416 e. The number of ether oxygens (including phenoxy) is 2. The van der Waals surface area contributed by atoms with Gasteiger partial charge in [0.2, 0.25) is 0 Å². The molecular formula is C26H26F3N5O3. The van der Waals surface area contributed by atoms with E-state index in [2.05, 4.69) is 14.9 Å². The molecule has 1 aromatic carbocycles. The summed E-state index contributed by atoms with van der Waals surface area (Å²) in [6.45, 7) is 4.18. The minimum Gasteiger partial charge on any atom is -0.488 e. The number of pyridine rings is 2. The molecule has 4 heterocycles. The van der Waals surface area contributed by atoms with Gasteiger partial charge in [-0.25, -0.2) is 14.8 Å². The molecule has 11 heteroatoms. The molecular weight excluding hydrogens is 487 g/mol. The van der Waals surface area contributed by atoms with Gasteiger partial charge in [-0.2, -0.15) is 13.2 Å². The predicted molar refractivity (Wildman–Crippen MR) is 132 cm³/mol. The molecule has 1 saturated heterocycles. The molecule has 8 nitrogen and oxygen atoms in total. The normalized spacial score (nSPS) is 16.2. The number of amides is 2. The van der Waals surface area contributed by atoms with E-state index in [0.29, 0.717) is 42.6 Å². The van der Waals surface area contributed by atoms with Crippen LogP contribution in [0.2, 0.25) is 0 Å². The Bertz CT molecular complexity index is 1280. The summed E-state index contributed by atoms with van der Waals surface area (Å²) >= 11 is 0. The summed E-state index contributed by atoms with van der Waals surface area (Å²) < 4.78 is 50.7. The Hall–Kier alpha value is -3.70. The second kappa shape index (κ2) is 10.3. The molecule has 0 aliphatic carbocycles. The van der Waals surface area contributed by atoms with Gasteiger partial charge in [-0.15, -0.1) is 0 Å². The highest BCUT2D eigenvalue weighted by molar-refractivity contribution is 6.03. The summed E-state index contributed by atoms with van der Waals surface area (Å²) in [5.41, 5.74) is 0.672. The van der Waals surface area contributed by atoms with Gasteiger partial charge >= 0.3 is 12.2 Å². The fourth-order valence-corrected chi connectivity index (χ4v) is 4.31. The summed E-state index contributed by atoms with van der Waals surface area (Å²) in [6, 6.07) is 13.3. The molecule has 0 atom stereocenters. The van der Waals surface area contributed by atoms with Crippen LogP contribution in [0.15, 0.2) is 54.6 Å². The Balaban J connectivity index is 1.39. The number of aromatic nitrogens is 2. The van der Waals surface area contributed by atoms with Crippen molar-refractivity contribution in [2.75, 3.05) is 56.3 Å². The zero-order chi connectivity index (χ0) is 26.0. The lowest BCUT2D eigenvalue weighted by Gasteiger charge is -2.32. The first-order valence-corrected chi connectivity index (χ1v) is 11.9. The maximum absolute atomic E-state index is 13.5. The number of hydrogen-bond acceptors (Lipinski definition) is 6. The van der Waals surface area contributed by atoms with E-state index in [0.717, 1.165) is 30.9 Å². The van der Waals surface area contributed by atoms with Gasteiger partial charge in [0.15, 0.2) is 11.6 Å². The third-order valence-electron chi connectivity index (χ3n) is 6.30. The lowest BCUT2D eigenvalue weighted by Crippen LogP contribution is -2.46. The molecule has 194 valence electrons. The summed E-state index contributed by atoms with van der Waals surface area (Å²) in [5, 5.41) is 0. The van der Waals surface area contributed by atoms with Crippen molar-refractivity contribution in [1.82, 2.24) is 14.9 Å². The zero-order valence-electron chi connectivity index (χ0n) is 20.2. The fraction of sp³-hybridized carbons (Fsp3) is 0.346. The number of halogens is 3. The van der Waals surface area contributed by atoms with E-state index >= 15 is 0 Å². The maximum Gasteiger partial charge on any atom is 0.416 e. The van der Waals surface area contributed by atoms with Crippen molar-refractivity contribution in [2.24, 2.45) is 0 Å². The van der Waals surface area contributed by atoms with Crippen molar-refractivity contribution in [1.29, 1.82) is 0 Å². The van der Waals surface area contributed by atoms with Crippen LogP contribution in [0.3, 0.4) is 0 Å². The van der Waals surface area contributed by atoms with Gasteiger partial charge in [-0.3, -0.25) is 14.7 Å². The van der Waals surface area contributed by atoms with Gasteiger partial charge in [0, 0.05) is 32.2 Å². The molecule has 0 unspecified atom stereocenters. The molecule has 0 bridgehead atoms. The molecule has 2 aliphatic heterocycles. The van der Waals surface area contributed by atoms with E-state index in [-0.39, 0.29) is 25.0 Å². The van der Waals surface area contributed by atoms with Crippen LogP contribution in [0.4, 0.5) is 29.6 Å². The van der Waals surface area contributed by atoms with Crippen LogP contribution in [0.5, 0.6) is 5.75 Å². The summed E-state index contributed by atoms with van der Waals surface area (Å²) in [6.07, 6.45) is -4.47. The van der Waals surface area contributed by atoms with Crippen molar-refractivity contribution in [3.63, 3.8) is 0 Å². The number of anilines is 2. The van der Waals surface area contributed by atoms with E-state index in [1.54, 1.807) is 31.3 Å². The lowest BCUT2D eigenvalue weighted by molar-refractivity contribution is -0.137. The molecule has 0 spiro atoms. The average molecular weight is 514 g/mol. The monoisotopic (exact) mass is 513 g/mol. The molecule has 0 N–H and O–H groups in total. The number of hydrogen-bond donors (Lipinski definition) is 0. The number of carbonyl (C=O) groups excluding carboxylic acids is 1. The second-order valence-corrected chi connectivity index (χ2v) is 8.81. The molecule has 2 aromatic heterocycles. The number of nitrogens with zero attached hydrogens (tertiary/aromatic N) is 5. The largest absolute Gasteiger partial charge is 0.488 e. The molecule has 1 fully saturated rings. The van der Waals surface area contributed by atoms with Crippen LogP contribution in [-0.2, 0) is 17.5 Å². The highest BCUT2D eigenvalue weighted by Gasteiger charge is 2.32. The number of carbonyl (C=O) groups is 1. The van der Waals surface area contributed by atoms with Gasteiger partial charge in [-0.05, 0) is 36.4 Å². The third kappa shape index (κ3) is 5.52. The van der Waals surface area contributed by atoms with Gasteiger partial charge in [0.1, 0.15) is 12.4 Å². The Labute approximate surface area is 212 Å². The Morgan fingerprint density at radius 1 is 1.00 bits per heavy atom. The van der Waals surface area contributed by atoms with Crippen molar-refractivity contribution in [3.05, 3.63) is 65.9 Å². The summed E-state index contributed by atoms with van der Waals surface area (Å²) in [7, 11) is 1.63. The number of alkyl halides is 3. The van der Waals surface area contributed by atoms with E-state index in [4.69, 9.17) is 9.47 Å². The van der Waals surface area contributed by atoms with E-state index in [9.17, 15) is 18.0 Å². The quantitative estimate of drug-likeness (QED) is 0.514. The first-order valence-electron chi connectivity index (χ1n) is 11.9. The van der Waals surface area contributed by atoms with Crippen molar-refractivity contribution >= 4 is 17.7 Å². The highest BCUT2D eigenvalue weighted by Crippen LogP contribution is 2.35. The molecule has 0 radical (unpaired) electrons. The van der Waals surface area contributed by atoms with Crippen LogP contribution in [0.1, 0.15) is 11.3 Å². The van der Waals surface area contributed by atoms with E-state index in [1.165, 1.54) is 15.9 Å². The van der Waals surface area contributed by atoms with Crippen molar-refractivity contribution in [3.8, 4) is 17.0 Å². The van der Waals surface area contributed by atoms with Crippen LogP contribution in [0, 0.1) is 0 Å². The lowest BCUT2D eigenvalue weighted by atomic mass is 10.1. The van der Waals surface area contributed by atoms with Crippen LogP contribution < -0.4 is 14.5 Å². The SMILES string of the molecule is CN(C(=O)N1CCOc2ccc(-c3cccc(C(F)(F)F)c3)nc21)c1cccc(CN2CCOCC2)n1. The predicted octanol–water partition coefficient (Wildman–Crippen LogP) is 4.45. The number of urea groups is 1. The second-order valence-electron chi connectivity index (χ2n) is 8.81. The minimum absolute atomic E-state index is 0.239. The first-order chi connectivity index (χ1) is 17.8. The number of morpholine rings is 1. The minimum atomic E-state index is -4.47. The number of rotatable bonds is 4. The molecule has 2 aliphatic rings. The van der Waals surface area contributed by atoms with E-state index in [1.807, 2.05) is 12.1 Å². The van der Waals surface area contributed by atoms with Crippen molar-refractivity contribution < 1.29 is 27.4 Å². The van der Waals surface area contributed by atoms with Gasteiger partial charge in [-0.1, -0.05) is 18.2 Å². The molecule has 5 rings (SSSR count). The number of benzene rings is 1. The van der Waals surface area contributed by atoms with Gasteiger partial charge in [0.25, 0.3) is 0 Å². The summed E-state index contributed by atoms with van der Waals surface area (Å²) in [5.74, 6) is 1.12. The Morgan fingerprint density at radius 2 is 1.78 bits per heavy atom. The Morgan fingerprint density at radius 3 is 2.57 bits per heavy atom. The average Bonchev–Trinajstić information content (AvgIpc) is 2.92. The Kier molecular flexibility index (Phi) is 6.98. The molecule has 0 saturated carbocycles. The van der Waals surface area contributed by atoms with E-state index < -0.39 is 11.7 Å². The van der Waals surface area contributed by atoms with Crippen LogP contribution in [-0.4, -0.2) is 67.4 Å². The van der Waals surface area contributed by atoms with Gasteiger partial charge in [0.05, 0.1) is 36.7 Å². The molecule has 2 amide bonds. The van der Waals surface area contributed by atoms with Crippen LogP contribution >= 0.6 is 0 Å². The zero-order valence-corrected chi connectivity index (χ0v) is 20.2. The number of fused-ring (bicyclic) bond motifs is 1. The standard InChI is InChI=1S/C26H26F3N5O3/c1-32(23-7-3-6-20(30-23)17-33-10-13-36-14-11-33)25(35)34-12-15-37-22-9-8-21(31-24(22)34)18-4-2-5-19(16-18)26(27,28)29/h2-9,16H,10-15,17H2,1H3. The van der Waals surface area contributed by atoms with Crippen molar-refractivity contribution in [2.45, 2.75) is 12.7 Å². The summed E-state index contributed by atoms with van der Waals surface area (Å²) in [4.78, 5) is 27.9. The molecule has 37 heavy (non-hydrogen) atoms. The maximum atomic E-state index is 13.5.